The summed E-state index contributed by atoms with van der Waals surface area (Å²) in [7, 11) is 1.52. The van der Waals surface area contributed by atoms with Crippen LogP contribution in [0.4, 0.5) is 5.13 Å². The summed E-state index contributed by atoms with van der Waals surface area (Å²) in [4.78, 5) is 45.0. The van der Waals surface area contributed by atoms with E-state index >= 15 is 0 Å². The van der Waals surface area contributed by atoms with Crippen LogP contribution in [0.3, 0.4) is 0 Å². The largest absolute Gasteiger partial charge is 0.507 e. The van der Waals surface area contributed by atoms with Crippen LogP contribution in [0.25, 0.3) is 5.76 Å². The Morgan fingerprint density at radius 2 is 1.86 bits per heavy atom. The molecule has 1 aromatic heterocycles. The highest BCUT2D eigenvalue weighted by Gasteiger charge is 2.48. The van der Waals surface area contributed by atoms with Crippen LogP contribution in [0.5, 0.6) is 5.75 Å². The molecule has 4 rings (SSSR count). The normalized spacial score (nSPS) is 16.8. The fourth-order valence-corrected chi connectivity index (χ4v) is 5.37. The fraction of sp³-hybridized carbons (Fsp3) is 0.231. The van der Waals surface area contributed by atoms with Crippen molar-refractivity contribution < 1.29 is 29.0 Å². The first kappa shape index (κ1) is 26.7. The van der Waals surface area contributed by atoms with Gasteiger partial charge < -0.3 is 14.6 Å². The molecule has 1 saturated heterocycles. The van der Waals surface area contributed by atoms with Gasteiger partial charge in [-0.1, -0.05) is 40.6 Å². The Hall–Kier alpha value is -3.40. The molecule has 0 bridgehead atoms. The number of nitrogens with zero attached hydrogens (tertiary/aromatic N) is 2. The summed E-state index contributed by atoms with van der Waals surface area (Å²) in [5.41, 5.74) is 1.60. The minimum Gasteiger partial charge on any atom is -0.507 e. The van der Waals surface area contributed by atoms with Gasteiger partial charge in [-0.05, 0) is 62.2 Å². The van der Waals surface area contributed by atoms with E-state index < -0.39 is 23.7 Å². The zero-order chi connectivity index (χ0) is 27.0. The van der Waals surface area contributed by atoms with Crippen molar-refractivity contribution in [1.29, 1.82) is 0 Å². The number of esters is 1. The van der Waals surface area contributed by atoms with Gasteiger partial charge in [0, 0.05) is 5.56 Å². The summed E-state index contributed by atoms with van der Waals surface area (Å²) in [6.07, 6.45) is 0. The summed E-state index contributed by atoms with van der Waals surface area (Å²) in [6, 6.07) is 8.53. The lowest BCUT2D eigenvalue weighted by atomic mass is 9.94. The number of rotatable bonds is 6. The van der Waals surface area contributed by atoms with E-state index in [4.69, 9.17) is 32.7 Å². The van der Waals surface area contributed by atoms with Crippen molar-refractivity contribution in [2.24, 2.45) is 0 Å². The number of carbonyl (C=O) groups excluding carboxylic acids is 3. The number of ether oxygens (including phenoxy) is 2. The van der Waals surface area contributed by atoms with Crippen LogP contribution in [-0.4, -0.2) is 41.5 Å². The highest BCUT2D eigenvalue weighted by molar-refractivity contribution is 7.17. The molecule has 2 heterocycles. The first-order valence-corrected chi connectivity index (χ1v) is 12.7. The third kappa shape index (κ3) is 4.82. The Kier molecular flexibility index (Phi) is 7.59. The number of thiazole rings is 1. The summed E-state index contributed by atoms with van der Waals surface area (Å²) in [6.45, 7) is 5.20. The maximum absolute atomic E-state index is 13.4. The van der Waals surface area contributed by atoms with Gasteiger partial charge in [-0.2, -0.15) is 0 Å². The van der Waals surface area contributed by atoms with Crippen LogP contribution in [0, 0.1) is 13.8 Å². The number of aryl methyl sites for hydroxylation is 2. The standard InChI is InChI=1S/C26H22Cl2N2O6S/c1-5-36-25(34)23-13(3)29-26(37-23)30-20(14-6-9-17(27)18(28)11-14)19(22(32)24(30)33)21(31)16-8-7-15(35-4)10-12(16)2/h6-11,20,31H,5H2,1-4H3. The molecule has 2 aromatic carbocycles. The minimum absolute atomic E-state index is 0.101. The maximum Gasteiger partial charge on any atom is 0.350 e. The molecule has 37 heavy (non-hydrogen) atoms. The number of methoxy groups -OCH3 is 1. The SMILES string of the molecule is CCOC(=O)c1sc(N2C(=O)C(=O)C(=C(O)c3ccc(OC)cc3C)C2c2ccc(Cl)c(Cl)c2)nc1C. The van der Waals surface area contributed by atoms with E-state index in [-0.39, 0.29) is 38.0 Å². The molecule has 8 nitrogen and oxygen atoms in total. The Balaban J connectivity index is 1.95. The van der Waals surface area contributed by atoms with Crippen molar-refractivity contribution >= 4 is 63.1 Å². The average Bonchev–Trinajstić information content (AvgIpc) is 3.37. The molecule has 1 atom stereocenters. The number of carbonyl (C=O) groups is 3. The number of amides is 1. The average molecular weight is 561 g/mol. The molecule has 1 aliphatic rings. The Labute approximate surface area is 227 Å². The van der Waals surface area contributed by atoms with Crippen molar-refractivity contribution in [1.82, 2.24) is 4.98 Å². The monoisotopic (exact) mass is 560 g/mol. The van der Waals surface area contributed by atoms with Crippen molar-refractivity contribution in [3.8, 4) is 5.75 Å². The van der Waals surface area contributed by atoms with Gasteiger partial charge in [0.2, 0.25) is 0 Å². The second-order valence-corrected chi connectivity index (χ2v) is 9.95. The second-order valence-electron chi connectivity index (χ2n) is 8.15. The van der Waals surface area contributed by atoms with E-state index in [1.165, 1.54) is 19.2 Å². The number of hydrogen-bond acceptors (Lipinski definition) is 8. The molecule has 1 aliphatic heterocycles. The van der Waals surface area contributed by atoms with Crippen LogP contribution >= 0.6 is 34.5 Å². The van der Waals surface area contributed by atoms with Crippen molar-refractivity contribution in [3.05, 3.63) is 79.3 Å². The lowest BCUT2D eigenvalue weighted by Gasteiger charge is -2.23. The van der Waals surface area contributed by atoms with Crippen LogP contribution < -0.4 is 9.64 Å². The number of anilines is 1. The fourth-order valence-electron chi connectivity index (χ4n) is 4.07. The van der Waals surface area contributed by atoms with Crippen molar-refractivity contribution in [3.63, 3.8) is 0 Å². The number of hydrogen-bond donors (Lipinski definition) is 1. The Morgan fingerprint density at radius 1 is 1.14 bits per heavy atom. The van der Waals surface area contributed by atoms with E-state index in [1.807, 2.05) is 0 Å². The van der Waals surface area contributed by atoms with E-state index in [9.17, 15) is 19.5 Å². The predicted molar refractivity (Wildman–Crippen MR) is 142 cm³/mol. The quantitative estimate of drug-likeness (QED) is 0.173. The number of aliphatic hydroxyl groups excluding tert-OH is 1. The molecule has 0 saturated carbocycles. The summed E-state index contributed by atoms with van der Waals surface area (Å²) < 4.78 is 10.3. The topological polar surface area (TPSA) is 106 Å². The van der Waals surface area contributed by atoms with Gasteiger partial charge in [-0.15, -0.1) is 0 Å². The van der Waals surface area contributed by atoms with E-state index in [0.29, 0.717) is 28.1 Å². The number of Topliss-reactive ketones (excluding diaryl/α,β-unsaturated/α-hetero) is 1. The minimum atomic E-state index is -1.09. The molecule has 1 N–H and O–H groups in total. The number of halogens is 2. The van der Waals surface area contributed by atoms with E-state index in [0.717, 1.165) is 16.2 Å². The molecular weight excluding hydrogens is 539 g/mol. The lowest BCUT2D eigenvalue weighted by Crippen LogP contribution is -2.29. The number of ketones is 1. The number of benzene rings is 2. The lowest BCUT2D eigenvalue weighted by molar-refractivity contribution is -0.132. The third-order valence-corrected chi connectivity index (χ3v) is 7.72. The van der Waals surface area contributed by atoms with Gasteiger partial charge in [0.1, 0.15) is 16.4 Å². The third-order valence-electron chi connectivity index (χ3n) is 5.84. The van der Waals surface area contributed by atoms with E-state index in [2.05, 4.69) is 4.98 Å². The Bertz CT molecular complexity index is 1470. The maximum atomic E-state index is 13.4. The molecule has 1 amide bonds. The Morgan fingerprint density at radius 3 is 2.49 bits per heavy atom. The van der Waals surface area contributed by atoms with Crippen molar-refractivity contribution in [2.45, 2.75) is 26.8 Å². The zero-order valence-electron chi connectivity index (χ0n) is 20.3. The molecule has 3 aromatic rings. The van der Waals surface area contributed by atoms with Gasteiger partial charge in [0.05, 0.1) is 41.1 Å². The molecule has 0 radical (unpaired) electrons. The molecule has 0 spiro atoms. The van der Waals surface area contributed by atoms with Gasteiger partial charge in [-0.3, -0.25) is 14.5 Å². The second kappa shape index (κ2) is 10.5. The van der Waals surface area contributed by atoms with Crippen molar-refractivity contribution in [2.75, 3.05) is 18.6 Å². The van der Waals surface area contributed by atoms with Crippen LogP contribution in [0.15, 0.2) is 42.0 Å². The zero-order valence-corrected chi connectivity index (χ0v) is 22.6. The van der Waals surface area contributed by atoms with E-state index in [1.54, 1.807) is 45.0 Å². The number of aliphatic hydroxyl groups is 1. The highest BCUT2D eigenvalue weighted by Crippen LogP contribution is 2.45. The van der Waals surface area contributed by atoms with Crippen LogP contribution in [0.1, 0.15) is 45.0 Å². The smallest absolute Gasteiger partial charge is 0.350 e. The molecule has 192 valence electrons. The molecule has 11 heteroatoms. The van der Waals surface area contributed by atoms with Gasteiger partial charge in [0.15, 0.2) is 5.13 Å². The first-order valence-electron chi connectivity index (χ1n) is 11.1. The predicted octanol–water partition coefficient (Wildman–Crippen LogP) is 5.88. The summed E-state index contributed by atoms with van der Waals surface area (Å²) in [5, 5.41) is 12.0. The summed E-state index contributed by atoms with van der Waals surface area (Å²) in [5.74, 6) is -2.20. The molecule has 1 fully saturated rings. The first-order chi connectivity index (χ1) is 17.6. The van der Waals surface area contributed by atoms with Gasteiger partial charge in [0.25, 0.3) is 5.78 Å². The molecular formula is C26H22Cl2N2O6S. The highest BCUT2D eigenvalue weighted by atomic mass is 35.5. The summed E-state index contributed by atoms with van der Waals surface area (Å²) >= 11 is 13.3. The van der Waals surface area contributed by atoms with Gasteiger partial charge >= 0.3 is 11.9 Å². The van der Waals surface area contributed by atoms with Crippen LogP contribution in [-0.2, 0) is 14.3 Å². The molecule has 0 aliphatic carbocycles. The van der Waals surface area contributed by atoms with Gasteiger partial charge in [-0.25, -0.2) is 9.78 Å². The number of aromatic nitrogens is 1. The van der Waals surface area contributed by atoms with Crippen LogP contribution in [0.2, 0.25) is 10.0 Å². The molecule has 1 unspecified atom stereocenters.